The Morgan fingerprint density at radius 1 is 1.04 bits per heavy atom. The van der Waals surface area contributed by atoms with Crippen LogP contribution >= 0.6 is 0 Å². The summed E-state index contributed by atoms with van der Waals surface area (Å²) in [5, 5.41) is 8.00. The Balaban J connectivity index is 1.70. The summed E-state index contributed by atoms with van der Waals surface area (Å²) < 4.78 is 0. The van der Waals surface area contributed by atoms with Crippen LogP contribution in [-0.4, -0.2) is 31.9 Å². The molecule has 0 saturated carbocycles. The largest absolute Gasteiger partial charge is 0.304 e. The van der Waals surface area contributed by atoms with Crippen molar-refractivity contribution < 1.29 is 0 Å². The Hall–Kier alpha value is -3.28. The van der Waals surface area contributed by atoms with Gasteiger partial charge in [0.25, 0.3) is 0 Å². The van der Waals surface area contributed by atoms with Gasteiger partial charge in [-0.3, -0.25) is 4.98 Å². The fraction of sp³-hybridized carbons (Fsp3) is 0.0588. The number of nitrogens with zero attached hydrogens (tertiary/aromatic N) is 5. The first-order chi connectivity index (χ1) is 11.3. The van der Waals surface area contributed by atoms with Gasteiger partial charge in [-0.2, -0.15) is 0 Å². The highest BCUT2D eigenvalue weighted by atomic mass is 14.9. The van der Waals surface area contributed by atoms with Gasteiger partial charge >= 0.3 is 0 Å². The first-order valence-corrected chi connectivity index (χ1v) is 7.08. The molecule has 0 unspecified atom stereocenters. The monoisotopic (exact) mass is 302 g/mol. The standard InChI is InChI=1S/C17H14N6/c18-14(13-4-2-8-19-12-13)7-11-20-16-6-1-5-15(23-16)17-21-9-3-10-22-17/h1-6,8-12,18H,7H2. The van der Waals surface area contributed by atoms with Gasteiger partial charge in [-0.05, 0) is 24.3 Å². The number of rotatable bonds is 5. The number of pyridine rings is 2. The molecule has 0 fully saturated rings. The van der Waals surface area contributed by atoms with Crippen LogP contribution in [0.25, 0.3) is 11.5 Å². The second-order valence-corrected chi connectivity index (χ2v) is 4.69. The minimum Gasteiger partial charge on any atom is -0.304 e. The second-order valence-electron chi connectivity index (χ2n) is 4.69. The maximum absolute atomic E-state index is 8.00. The van der Waals surface area contributed by atoms with Gasteiger partial charge in [0.05, 0.1) is 0 Å². The molecule has 3 rings (SSSR count). The fourth-order valence-corrected chi connectivity index (χ4v) is 1.94. The predicted octanol–water partition coefficient (Wildman–Crippen LogP) is 3.09. The number of aromatic nitrogens is 4. The molecule has 3 aromatic heterocycles. The molecule has 0 saturated heterocycles. The van der Waals surface area contributed by atoms with Crippen molar-refractivity contribution in [2.45, 2.75) is 6.42 Å². The Morgan fingerprint density at radius 3 is 2.70 bits per heavy atom. The lowest BCUT2D eigenvalue weighted by Crippen LogP contribution is -1.99. The molecule has 1 N–H and O–H groups in total. The lowest BCUT2D eigenvalue weighted by molar-refractivity contribution is 1.13. The van der Waals surface area contributed by atoms with Gasteiger partial charge in [-0.15, -0.1) is 0 Å². The Morgan fingerprint density at radius 2 is 1.91 bits per heavy atom. The van der Waals surface area contributed by atoms with E-state index in [9.17, 15) is 0 Å². The zero-order valence-corrected chi connectivity index (χ0v) is 12.3. The van der Waals surface area contributed by atoms with Crippen molar-refractivity contribution in [3.63, 3.8) is 0 Å². The van der Waals surface area contributed by atoms with Crippen molar-refractivity contribution in [3.8, 4) is 11.5 Å². The van der Waals surface area contributed by atoms with E-state index in [1.807, 2.05) is 24.3 Å². The van der Waals surface area contributed by atoms with Gasteiger partial charge in [-0.25, -0.2) is 19.9 Å². The van der Waals surface area contributed by atoms with Crippen LogP contribution in [0.4, 0.5) is 5.82 Å². The first-order valence-electron chi connectivity index (χ1n) is 7.08. The molecule has 0 aliphatic rings. The molecule has 0 amide bonds. The highest BCUT2D eigenvalue weighted by Gasteiger charge is 2.02. The van der Waals surface area contributed by atoms with Crippen LogP contribution in [0.1, 0.15) is 12.0 Å². The van der Waals surface area contributed by atoms with E-state index in [2.05, 4.69) is 24.9 Å². The van der Waals surface area contributed by atoms with Crippen molar-refractivity contribution >= 4 is 17.7 Å². The van der Waals surface area contributed by atoms with Crippen molar-refractivity contribution in [1.29, 1.82) is 5.41 Å². The van der Waals surface area contributed by atoms with Gasteiger partial charge in [-0.1, -0.05) is 12.1 Å². The van der Waals surface area contributed by atoms with E-state index in [0.29, 0.717) is 29.5 Å². The second kappa shape index (κ2) is 7.13. The number of nitrogens with one attached hydrogen (secondary N) is 1. The maximum atomic E-state index is 8.00. The SMILES string of the molecule is N=C(CC=Nc1cccc(-c2ncccn2)n1)c1cccnc1. The summed E-state index contributed by atoms with van der Waals surface area (Å²) in [7, 11) is 0. The Labute approximate surface area is 133 Å². The van der Waals surface area contributed by atoms with Gasteiger partial charge in [0.2, 0.25) is 0 Å². The van der Waals surface area contributed by atoms with Gasteiger partial charge in [0.15, 0.2) is 11.6 Å². The summed E-state index contributed by atoms with van der Waals surface area (Å²) in [6, 6.07) is 10.9. The summed E-state index contributed by atoms with van der Waals surface area (Å²) in [6.45, 7) is 0. The van der Waals surface area contributed by atoms with E-state index < -0.39 is 0 Å². The number of aliphatic imine (C=N–C) groups is 1. The average Bonchev–Trinajstić information content (AvgIpc) is 2.63. The number of hydrogen-bond acceptors (Lipinski definition) is 6. The normalized spacial score (nSPS) is 10.8. The minimum absolute atomic E-state index is 0.416. The van der Waals surface area contributed by atoms with E-state index in [4.69, 9.17) is 5.41 Å². The molecule has 0 radical (unpaired) electrons. The smallest absolute Gasteiger partial charge is 0.178 e. The lowest BCUT2D eigenvalue weighted by Gasteiger charge is -2.00. The Kier molecular flexibility index (Phi) is 4.54. The predicted molar refractivity (Wildman–Crippen MR) is 89.1 cm³/mol. The third kappa shape index (κ3) is 3.88. The molecule has 0 spiro atoms. The molecule has 3 aromatic rings. The summed E-state index contributed by atoms with van der Waals surface area (Å²) in [5.74, 6) is 1.13. The van der Waals surface area contributed by atoms with Crippen LogP contribution in [-0.2, 0) is 0 Å². The van der Waals surface area contributed by atoms with Crippen molar-refractivity contribution in [1.82, 2.24) is 19.9 Å². The molecule has 0 aliphatic heterocycles. The third-order valence-electron chi connectivity index (χ3n) is 3.06. The van der Waals surface area contributed by atoms with Crippen LogP contribution in [0, 0.1) is 5.41 Å². The van der Waals surface area contributed by atoms with Crippen LogP contribution in [0.2, 0.25) is 0 Å². The minimum atomic E-state index is 0.416. The average molecular weight is 302 g/mol. The van der Waals surface area contributed by atoms with Gasteiger partial charge < -0.3 is 5.41 Å². The highest BCUT2D eigenvalue weighted by molar-refractivity contribution is 6.05. The third-order valence-corrected chi connectivity index (χ3v) is 3.06. The quantitative estimate of drug-likeness (QED) is 0.733. The summed E-state index contributed by atoms with van der Waals surface area (Å²) >= 11 is 0. The molecule has 0 bridgehead atoms. The summed E-state index contributed by atoms with van der Waals surface area (Å²) in [4.78, 5) is 21.1. The molecule has 6 heteroatoms. The van der Waals surface area contributed by atoms with E-state index >= 15 is 0 Å². The van der Waals surface area contributed by atoms with Gasteiger partial charge in [0.1, 0.15) is 5.69 Å². The van der Waals surface area contributed by atoms with E-state index in [0.717, 1.165) is 5.56 Å². The van der Waals surface area contributed by atoms with Crippen molar-refractivity contribution in [3.05, 3.63) is 66.7 Å². The van der Waals surface area contributed by atoms with Crippen LogP contribution in [0.3, 0.4) is 0 Å². The molecule has 0 atom stereocenters. The zero-order valence-electron chi connectivity index (χ0n) is 12.3. The van der Waals surface area contributed by atoms with E-state index in [1.54, 1.807) is 43.1 Å². The Bertz CT molecular complexity index is 815. The van der Waals surface area contributed by atoms with Crippen molar-refractivity contribution in [2.75, 3.05) is 0 Å². The van der Waals surface area contributed by atoms with Gasteiger partial charge in [0, 0.05) is 48.7 Å². The van der Waals surface area contributed by atoms with Crippen LogP contribution in [0.15, 0.2) is 66.2 Å². The van der Waals surface area contributed by atoms with Crippen LogP contribution < -0.4 is 0 Å². The molecule has 112 valence electrons. The van der Waals surface area contributed by atoms with Crippen LogP contribution in [0.5, 0.6) is 0 Å². The topological polar surface area (TPSA) is 87.8 Å². The zero-order chi connectivity index (χ0) is 15.9. The summed E-state index contributed by atoms with van der Waals surface area (Å²) in [5.41, 5.74) is 1.92. The fourth-order valence-electron chi connectivity index (χ4n) is 1.94. The molecule has 0 aliphatic carbocycles. The molecular formula is C17H14N6. The molecular weight excluding hydrogens is 288 g/mol. The number of hydrogen-bond donors (Lipinski definition) is 1. The first kappa shape index (κ1) is 14.6. The van der Waals surface area contributed by atoms with E-state index in [-0.39, 0.29) is 0 Å². The van der Waals surface area contributed by atoms with Crippen molar-refractivity contribution in [2.24, 2.45) is 4.99 Å². The molecule has 6 nitrogen and oxygen atoms in total. The summed E-state index contributed by atoms with van der Waals surface area (Å²) in [6.07, 6.45) is 8.80. The molecule has 23 heavy (non-hydrogen) atoms. The maximum Gasteiger partial charge on any atom is 0.178 e. The highest BCUT2D eigenvalue weighted by Crippen LogP contribution is 2.15. The molecule has 0 aromatic carbocycles. The van der Waals surface area contributed by atoms with E-state index in [1.165, 1.54) is 0 Å². The lowest BCUT2D eigenvalue weighted by atomic mass is 10.1. The molecule has 3 heterocycles.